The Morgan fingerprint density at radius 1 is 0.872 bits per heavy atom. The van der Waals surface area contributed by atoms with Crippen LogP contribution in [0.15, 0.2) is 0 Å². The van der Waals surface area contributed by atoms with Crippen molar-refractivity contribution in [3.63, 3.8) is 0 Å². The van der Waals surface area contributed by atoms with Gasteiger partial charge < -0.3 is 19.5 Å². The summed E-state index contributed by atoms with van der Waals surface area (Å²) in [6.07, 6.45) is 8.73. The number of carbonyl (C=O) groups excluding carboxylic acids is 4. The number of hydrogen-bond donors (Lipinski definition) is 1. The van der Waals surface area contributed by atoms with Gasteiger partial charge in [0.05, 0.1) is 12.6 Å². The van der Waals surface area contributed by atoms with Gasteiger partial charge in [-0.2, -0.15) is 0 Å². The van der Waals surface area contributed by atoms with Gasteiger partial charge in [-0.3, -0.25) is 19.2 Å². The van der Waals surface area contributed by atoms with Crippen LogP contribution in [0.3, 0.4) is 0 Å². The van der Waals surface area contributed by atoms with E-state index in [-0.39, 0.29) is 65.2 Å². The number of nitrogens with one attached hydrogen (secondary N) is 1. The highest BCUT2D eigenvalue weighted by atomic mass is 16.5. The van der Waals surface area contributed by atoms with Crippen molar-refractivity contribution in [2.24, 2.45) is 40.4 Å². The molecule has 10 atom stereocenters. The summed E-state index contributed by atoms with van der Waals surface area (Å²) in [5.41, 5.74) is 0.121. The van der Waals surface area contributed by atoms with Crippen molar-refractivity contribution in [3.8, 4) is 0 Å². The van der Waals surface area contributed by atoms with Gasteiger partial charge in [0, 0.05) is 27.2 Å². The molecule has 4 saturated carbocycles. The third-order valence-corrected chi connectivity index (χ3v) is 11.0. The standard InChI is InChI=1S/C31H49NO7/c1-18(17-37-20(3)34)7-10-28(36)39-27-16-26-24-9-8-22-15-23(38-21(4)35)11-13-30(22,5)25(24)12-14-31(26,6)29(27)32-19(2)33/h18,22-27,29H,7-17H2,1-6H3,(H,32,33)/t18-,22-,23+,24+,25-,26-,27-,29+,30-,31-/m0/s1. The fraction of sp³-hybridized carbons (Fsp3) is 0.871. The van der Waals surface area contributed by atoms with Gasteiger partial charge in [0.25, 0.3) is 0 Å². The molecule has 0 aliphatic heterocycles. The molecule has 0 saturated heterocycles. The van der Waals surface area contributed by atoms with Crippen LogP contribution in [0, 0.1) is 40.4 Å². The maximum Gasteiger partial charge on any atom is 0.306 e. The van der Waals surface area contributed by atoms with Gasteiger partial charge in [-0.1, -0.05) is 20.8 Å². The van der Waals surface area contributed by atoms with E-state index in [1.807, 2.05) is 6.92 Å². The summed E-state index contributed by atoms with van der Waals surface area (Å²) < 4.78 is 16.8. The molecule has 8 heteroatoms. The molecule has 0 bridgehead atoms. The summed E-state index contributed by atoms with van der Waals surface area (Å²) in [4.78, 5) is 47.9. The Morgan fingerprint density at radius 2 is 1.59 bits per heavy atom. The average Bonchev–Trinajstić information content (AvgIpc) is 3.12. The zero-order valence-corrected chi connectivity index (χ0v) is 24.8. The summed E-state index contributed by atoms with van der Waals surface area (Å²) in [5, 5.41) is 3.20. The number of rotatable bonds is 8. The Morgan fingerprint density at radius 3 is 2.26 bits per heavy atom. The molecule has 0 heterocycles. The molecule has 4 aliphatic carbocycles. The average molecular weight is 548 g/mol. The largest absolute Gasteiger partial charge is 0.466 e. The van der Waals surface area contributed by atoms with Gasteiger partial charge in [-0.15, -0.1) is 0 Å². The first kappa shape index (κ1) is 29.9. The molecule has 39 heavy (non-hydrogen) atoms. The van der Waals surface area contributed by atoms with Crippen molar-refractivity contribution >= 4 is 23.8 Å². The number of fused-ring (bicyclic) bond motifs is 5. The minimum atomic E-state index is -0.329. The zero-order chi connectivity index (χ0) is 28.5. The highest BCUT2D eigenvalue weighted by Crippen LogP contribution is 2.66. The van der Waals surface area contributed by atoms with Crippen LogP contribution in [0.4, 0.5) is 0 Å². The Balaban J connectivity index is 1.45. The van der Waals surface area contributed by atoms with E-state index in [0.717, 1.165) is 51.4 Å². The number of esters is 3. The fourth-order valence-electron chi connectivity index (χ4n) is 9.08. The maximum atomic E-state index is 12.9. The van der Waals surface area contributed by atoms with E-state index in [1.165, 1.54) is 13.8 Å². The van der Waals surface area contributed by atoms with Crippen LogP contribution >= 0.6 is 0 Å². The highest BCUT2D eigenvalue weighted by Gasteiger charge is 2.63. The fourth-order valence-corrected chi connectivity index (χ4v) is 9.08. The first-order valence-corrected chi connectivity index (χ1v) is 15.1. The second-order valence-corrected chi connectivity index (χ2v) is 13.6. The monoisotopic (exact) mass is 547 g/mol. The maximum absolute atomic E-state index is 12.9. The van der Waals surface area contributed by atoms with E-state index in [1.54, 1.807) is 6.92 Å². The molecule has 0 aromatic heterocycles. The molecule has 0 aromatic carbocycles. The predicted octanol–water partition coefficient (Wildman–Crippen LogP) is 4.97. The lowest BCUT2D eigenvalue weighted by molar-refractivity contribution is -0.159. The molecule has 0 radical (unpaired) electrons. The van der Waals surface area contributed by atoms with Crippen molar-refractivity contribution in [2.45, 2.75) is 124 Å². The zero-order valence-electron chi connectivity index (χ0n) is 24.8. The van der Waals surface area contributed by atoms with Crippen LogP contribution in [-0.4, -0.2) is 48.7 Å². The SMILES string of the molecule is CC(=O)N[C@@H]1[C@@H](OC(=O)CC[C@H](C)COC(C)=O)C[C@H]2[C@@H]3CC[C@H]4C[C@H](OC(C)=O)CC[C@]4(C)[C@H]3CC[C@]12C. The van der Waals surface area contributed by atoms with Crippen molar-refractivity contribution in [1.29, 1.82) is 0 Å². The summed E-state index contributed by atoms with van der Waals surface area (Å²) in [6.45, 7) is 11.5. The molecular weight excluding hydrogens is 498 g/mol. The predicted molar refractivity (Wildman–Crippen MR) is 145 cm³/mol. The van der Waals surface area contributed by atoms with Crippen molar-refractivity contribution in [1.82, 2.24) is 5.32 Å². The Bertz CT molecular complexity index is 951. The lowest BCUT2D eigenvalue weighted by atomic mass is 9.45. The summed E-state index contributed by atoms with van der Waals surface area (Å²) in [7, 11) is 0. The Kier molecular flexibility index (Phi) is 9.02. The minimum absolute atomic E-state index is 0.0437. The molecule has 0 aromatic rings. The lowest BCUT2D eigenvalue weighted by Crippen LogP contribution is -2.57. The third kappa shape index (κ3) is 6.30. The summed E-state index contributed by atoms with van der Waals surface area (Å²) in [6, 6.07) is -0.186. The summed E-state index contributed by atoms with van der Waals surface area (Å²) in [5.74, 6) is 1.34. The first-order valence-electron chi connectivity index (χ1n) is 15.1. The van der Waals surface area contributed by atoms with E-state index in [4.69, 9.17) is 14.2 Å². The lowest BCUT2D eigenvalue weighted by Gasteiger charge is -2.60. The second kappa shape index (κ2) is 11.8. The van der Waals surface area contributed by atoms with Gasteiger partial charge in [0.2, 0.25) is 5.91 Å². The van der Waals surface area contributed by atoms with Crippen LogP contribution in [-0.2, 0) is 33.4 Å². The molecule has 1 amide bonds. The molecule has 220 valence electrons. The molecule has 8 nitrogen and oxygen atoms in total. The Labute approximate surface area is 233 Å². The van der Waals surface area contributed by atoms with Crippen molar-refractivity contribution in [3.05, 3.63) is 0 Å². The van der Waals surface area contributed by atoms with Crippen LogP contribution in [0.2, 0.25) is 0 Å². The van der Waals surface area contributed by atoms with Gasteiger partial charge in [-0.05, 0) is 98.2 Å². The van der Waals surface area contributed by atoms with Crippen molar-refractivity contribution < 1.29 is 33.4 Å². The molecule has 4 rings (SSSR count). The highest BCUT2D eigenvalue weighted by molar-refractivity contribution is 5.74. The molecule has 0 spiro atoms. The smallest absolute Gasteiger partial charge is 0.306 e. The molecule has 4 aliphatic rings. The van der Waals surface area contributed by atoms with Crippen LogP contribution < -0.4 is 5.32 Å². The molecule has 0 unspecified atom stereocenters. The quantitative estimate of drug-likeness (QED) is 0.338. The second-order valence-electron chi connectivity index (χ2n) is 13.6. The van der Waals surface area contributed by atoms with Gasteiger partial charge >= 0.3 is 17.9 Å². The van der Waals surface area contributed by atoms with E-state index in [0.29, 0.717) is 36.7 Å². The van der Waals surface area contributed by atoms with Crippen LogP contribution in [0.25, 0.3) is 0 Å². The number of carbonyl (C=O) groups is 4. The van der Waals surface area contributed by atoms with Gasteiger partial charge in [0.15, 0.2) is 0 Å². The number of amides is 1. The van der Waals surface area contributed by atoms with Gasteiger partial charge in [-0.25, -0.2) is 0 Å². The topological polar surface area (TPSA) is 108 Å². The molecule has 4 fully saturated rings. The van der Waals surface area contributed by atoms with Crippen LogP contribution in [0.5, 0.6) is 0 Å². The van der Waals surface area contributed by atoms with E-state index in [2.05, 4.69) is 19.2 Å². The molecular formula is C31H49NO7. The molecule has 1 N–H and O–H groups in total. The summed E-state index contributed by atoms with van der Waals surface area (Å²) >= 11 is 0. The van der Waals surface area contributed by atoms with Crippen LogP contribution in [0.1, 0.15) is 106 Å². The first-order chi connectivity index (χ1) is 18.3. The van der Waals surface area contributed by atoms with Crippen molar-refractivity contribution in [2.75, 3.05) is 6.61 Å². The van der Waals surface area contributed by atoms with E-state index < -0.39 is 0 Å². The van der Waals surface area contributed by atoms with E-state index in [9.17, 15) is 19.2 Å². The van der Waals surface area contributed by atoms with Gasteiger partial charge in [0.1, 0.15) is 12.2 Å². The number of hydrogen-bond acceptors (Lipinski definition) is 7. The Hall–Kier alpha value is -2.12. The van der Waals surface area contributed by atoms with E-state index >= 15 is 0 Å². The third-order valence-electron chi connectivity index (χ3n) is 11.0. The number of ether oxygens (including phenoxy) is 3. The minimum Gasteiger partial charge on any atom is -0.466 e. The normalized spacial score (nSPS) is 39.8.